The average molecular weight is 221 g/mol. The molecule has 0 unspecified atom stereocenters. The summed E-state index contributed by atoms with van der Waals surface area (Å²) >= 11 is 0. The highest BCUT2D eigenvalue weighted by molar-refractivity contribution is 5.58. The van der Waals surface area contributed by atoms with Crippen LogP contribution in [-0.2, 0) is 13.6 Å². The third-order valence-electron chi connectivity index (χ3n) is 2.11. The largest absolute Gasteiger partial charge is 0.391 e. The second-order valence-corrected chi connectivity index (χ2v) is 3.21. The van der Waals surface area contributed by atoms with E-state index in [0.717, 1.165) is 5.82 Å². The van der Waals surface area contributed by atoms with Crippen LogP contribution in [0.4, 0.5) is 11.5 Å². The van der Waals surface area contributed by atoms with Crippen LogP contribution in [0.2, 0.25) is 0 Å². The van der Waals surface area contributed by atoms with E-state index in [4.69, 9.17) is 5.73 Å². The third kappa shape index (κ3) is 1.85. The summed E-state index contributed by atoms with van der Waals surface area (Å²) in [6.45, 7) is 0.400. The number of aryl methyl sites for hydroxylation is 1. The predicted molar refractivity (Wildman–Crippen MR) is 57.6 cm³/mol. The standard InChI is InChI=1S/C8H11N7O/c1-15-4-13-14-5(15)2-10-7-6(9)8(16)12-3-11-7/h3-4H,2,9H2,1H3,(H2,10,11,12,16). The maximum Gasteiger partial charge on any atom is 0.276 e. The van der Waals surface area contributed by atoms with Crippen molar-refractivity contribution in [2.75, 3.05) is 11.1 Å². The molecular formula is C8H11N7O. The lowest BCUT2D eigenvalue weighted by atomic mass is 10.4. The molecule has 2 aromatic rings. The van der Waals surface area contributed by atoms with Gasteiger partial charge >= 0.3 is 0 Å². The Labute approximate surface area is 90.5 Å². The van der Waals surface area contributed by atoms with E-state index in [2.05, 4.69) is 25.5 Å². The monoisotopic (exact) mass is 221 g/mol. The second-order valence-electron chi connectivity index (χ2n) is 3.21. The number of anilines is 2. The van der Waals surface area contributed by atoms with Gasteiger partial charge in [0.25, 0.3) is 5.56 Å². The van der Waals surface area contributed by atoms with Crippen molar-refractivity contribution < 1.29 is 0 Å². The summed E-state index contributed by atoms with van der Waals surface area (Å²) in [5.74, 6) is 1.06. The highest BCUT2D eigenvalue weighted by Crippen LogP contribution is 2.08. The van der Waals surface area contributed by atoms with Gasteiger partial charge in [0.05, 0.1) is 12.9 Å². The lowest BCUT2D eigenvalue weighted by Crippen LogP contribution is -2.16. The molecule has 0 aromatic carbocycles. The first-order valence-corrected chi connectivity index (χ1v) is 4.58. The first-order chi connectivity index (χ1) is 7.68. The van der Waals surface area contributed by atoms with Crippen molar-refractivity contribution in [2.45, 2.75) is 6.54 Å². The van der Waals surface area contributed by atoms with Crippen LogP contribution in [0.3, 0.4) is 0 Å². The van der Waals surface area contributed by atoms with E-state index >= 15 is 0 Å². The summed E-state index contributed by atoms with van der Waals surface area (Å²) in [5.41, 5.74) is 5.24. The van der Waals surface area contributed by atoms with Gasteiger partial charge in [-0.15, -0.1) is 10.2 Å². The van der Waals surface area contributed by atoms with Crippen LogP contribution in [0, 0.1) is 0 Å². The first kappa shape index (κ1) is 10.1. The van der Waals surface area contributed by atoms with Crippen LogP contribution in [0.25, 0.3) is 0 Å². The Kier molecular flexibility index (Phi) is 2.54. The molecule has 0 aliphatic heterocycles. The van der Waals surface area contributed by atoms with E-state index in [1.165, 1.54) is 6.33 Å². The fraction of sp³-hybridized carbons (Fsp3) is 0.250. The summed E-state index contributed by atoms with van der Waals surface area (Å²) in [4.78, 5) is 17.5. The topological polar surface area (TPSA) is 115 Å². The van der Waals surface area contributed by atoms with Crippen molar-refractivity contribution in [2.24, 2.45) is 7.05 Å². The van der Waals surface area contributed by atoms with Crippen LogP contribution >= 0.6 is 0 Å². The van der Waals surface area contributed by atoms with E-state index in [-0.39, 0.29) is 11.2 Å². The van der Waals surface area contributed by atoms with Gasteiger partial charge in [-0.05, 0) is 0 Å². The van der Waals surface area contributed by atoms with Crippen molar-refractivity contribution >= 4 is 11.5 Å². The van der Waals surface area contributed by atoms with Gasteiger partial charge in [-0.2, -0.15) is 0 Å². The summed E-state index contributed by atoms with van der Waals surface area (Å²) in [6, 6.07) is 0. The van der Waals surface area contributed by atoms with Crippen LogP contribution in [0.1, 0.15) is 5.82 Å². The summed E-state index contributed by atoms with van der Waals surface area (Å²) in [7, 11) is 1.82. The molecule has 8 nitrogen and oxygen atoms in total. The molecule has 2 rings (SSSR count). The molecule has 16 heavy (non-hydrogen) atoms. The first-order valence-electron chi connectivity index (χ1n) is 4.58. The molecule has 2 aromatic heterocycles. The van der Waals surface area contributed by atoms with Gasteiger partial charge in [-0.3, -0.25) is 4.79 Å². The van der Waals surface area contributed by atoms with Gasteiger partial charge < -0.3 is 20.6 Å². The molecule has 0 radical (unpaired) electrons. The Morgan fingerprint density at radius 2 is 2.44 bits per heavy atom. The molecule has 0 spiro atoms. The summed E-state index contributed by atoms with van der Waals surface area (Å²) < 4.78 is 1.76. The summed E-state index contributed by atoms with van der Waals surface area (Å²) in [5, 5.41) is 10.5. The maximum atomic E-state index is 11.2. The van der Waals surface area contributed by atoms with Crippen molar-refractivity contribution in [3.05, 3.63) is 28.8 Å². The van der Waals surface area contributed by atoms with E-state index in [1.54, 1.807) is 10.9 Å². The molecule has 4 N–H and O–H groups in total. The van der Waals surface area contributed by atoms with E-state index < -0.39 is 0 Å². The van der Waals surface area contributed by atoms with Crippen LogP contribution < -0.4 is 16.6 Å². The highest BCUT2D eigenvalue weighted by atomic mass is 16.1. The lowest BCUT2D eigenvalue weighted by molar-refractivity contribution is 0.810. The van der Waals surface area contributed by atoms with E-state index in [0.29, 0.717) is 12.4 Å². The zero-order valence-electron chi connectivity index (χ0n) is 8.64. The SMILES string of the molecule is Cn1cnnc1CNc1nc[nH]c(=O)c1N. The molecule has 0 atom stereocenters. The van der Waals surface area contributed by atoms with Gasteiger partial charge in [0.1, 0.15) is 12.0 Å². The van der Waals surface area contributed by atoms with Crippen LogP contribution in [0.15, 0.2) is 17.4 Å². The quantitative estimate of drug-likeness (QED) is 0.618. The third-order valence-corrected chi connectivity index (χ3v) is 2.11. The molecule has 84 valence electrons. The normalized spacial score (nSPS) is 10.3. The number of aromatic nitrogens is 5. The number of hydrogen-bond acceptors (Lipinski definition) is 6. The number of hydrogen-bond donors (Lipinski definition) is 3. The van der Waals surface area contributed by atoms with Gasteiger partial charge in [-0.1, -0.05) is 0 Å². The number of nitrogen functional groups attached to an aromatic ring is 1. The van der Waals surface area contributed by atoms with Gasteiger partial charge in [0, 0.05) is 7.05 Å². The molecule has 0 saturated carbocycles. The molecular weight excluding hydrogens is 210 g/mol. The van der Waals surface area contributed by atoms with Gasteiger partial charge in [0.2, 0.25) is 0 Å². The minimum absolute atomic E-state index is 0.0599. The number of nitrogens with one attached hydrogen (secondary N) is 2. The van der Waals surface area contributed by atoms with Crippen LogP contribution in [0.5, 0.6) is 0 Å². The van der Waals surface area contributed by atoms with E-state index in [9.17, 15) is 4.79 Å². The Bertz CT molecular complexity index is 543. The number of rotatable bonds is 3. The highest BCUT2D eigenvalue weighted by Gasteiger charge is 2.05. The molecule has 0 saturated heterocycles. The Morgan fingerprint density at radius 3 is 3.12 bits per heavy atom. The zero-order valence-corrected chi connectivity index (χ0v) is 8.64. The molecule has 0 aliphatic carbocycles. The maximum absolute atomic E-state index is 11.2. The van der Waals surface area contributed by atoms with Crippen molar-refractivity contribution in [3.63, 3.8) is 0 Å². The van der Waals surface area contributed by atoms with Crippen LogP contribution in [-0.4, -0.2) is 24.7 Å². The second kappa shape index (κ2) is 4.01. The molecule has 0 amide bonds. The number of aromatic amines is 1. The fourth-order valence-corrected chi connectivity index (χ4v) is 1.18. The zero-order chi connectivity index (χ0) is 11.5. The Morgan fingerprint density at radius 1 is 1.62 bits per heavy atom. The average Bonchev–Trinajstić information content (AvgIpc) is 2.67. The van der Waals surface area contributed by atoms with Gasteiger partial charge in [-0.25, -0.2) is 4.98 Å². The minimum Gasteiger partial charge on any atom is -0.391 e. The Balaban J connectivity index is 2.14. The summed E-state index contributed by atoms with van der Waals surface area (Å²) in [6.07, 6.45) is 2.88. The molecule has 2 heterocycles. The minimum atomic E-state index is -0.365. The molecule has 0 fully saturated rings. The number of nitrogens with zero attached hydrogens (tertiary/aromatic N) is 4. The van der Waals surface area contributed by atoms with Crippen molar-refractivity contribution in [1.29, 1.82) is 0 Å². The van der Waals surface area contributed by atoms with E-state index in [1.807, 2.05) is 7.05 Å². The fourth-order valence-electron chi connectivity index (χ4n) is 1.18. The predicted octanol–water partition coefficient (Wildman–Crippen LogP) is -0.907. The molecule has 8 heteroatoms. The number of nitrogens with two attached hydrogens (primary N) is 1. The molecule has 0 aliphatic rings. The Hall–Kier alpha value is -2.38. The van der Waals surface area contributed by atoms with Crippen molar-refractivity contribution in [3.8, 4) is 0 Å². The van der Waals surface area contributed by atoms with Crippen molar-refractivity contribution in [1.82, 2.24) is 24.7 Å². The smallest absolute Gasteiger partial charge is 0.276 e. The lowest BCUT2D eigenvalue weighted by Gasteiger charge is -2.05. The molecule has 0 bridgehead atoms. The van der Waals surface area contributed by atoms with Gasteiger partial charge in [0.15, 0.2) is 11.6 Å². The number of H-pyrrole nitrogens is 1.